The van der Waals surface area contributed by atoms with Crippen LogP contribution in [0.15, 0.2) is 58.8 Å². The third-order valence-electron chi connectivity index (χ3n) is 3.99. The Balaban J connectivity index is 1.62. The number of aromatic nitrogens is 2. The Kier molecular flexibility index (Phi) is 5.58. The van der Waals surface area contributed by atoms with Crippen LogP contribution in [0.5, 0.6) is 5.75 Å². The van der Waals surface area contributed by atoms with E-state index in [1.165, 1.54) is 23.9 Å². The van der Waals surface area contributed by atoms with Crippen molar-refractivity contribution in [1.29, 1.82) is 0 Å². The van der Waals surface area contributed by atoms with Crippen molar-refractivity contribution in [2.24, 2.45) is 12.1 Å². The minimum atomic E-state index is -0.181. The van der Waals surface area contributed by atoms with Crippen molar-refractivity contribution in [1.82, 2.24) is 10.4 Å². The summed E-state index contributed by atoms with van der Waals surface area (Å²) in [7, 11) is 1.96. The van der Waals surface area contributed by atoms with Gasteiger partial charge in [-0.25, -0.2) is 15.0 Å². The Bertz CT molecular complexity index is 948. The Morgan fingerprint density at radius 3 is 2.65 bits per heavy atom. The molecule has 3 aromatic rings. The van der Waals surface area contributed by atoms with Crippen LogP contribution in [0.3, 0.4) is 0 Å². The van der Waals surface area contributed by atoms with Gasteiger partial charge in [-0.2, -0.15) is 5.10 Å². The van der Waals surface area contributed by atoms with Crippen LogP contribution in [-0.2, 0) is 11.8 Å². The molecular weight excluding hydrogens is 348 g/mol. The van der Waals surface area contributed by atoms with Crippen LogP contribution in [0.2, 0.25) is 0 Å². The highest BCUT2D eigenvalue weighted by molar-refractivity contribution is 7.99. The first-order chi connectivity index (χ1) is 12.6. The number of aromatic amines is 1. The number of hydrazone groups is 1. The number of fused-ring (bicyclic) bond motifs is 1. The van der Waals surface area contributed by atoms with Crippen molar-refractivity contribution < 1.29 is 14.5 Å². The molecule has 0 atom stereocenters. The summed E-state index contributed by atoms with van der Waals surface area (Å²) < 4.78 is 2.03. The van der Waals surface area contributed by atoms with Crippen molar-refractivity contribution in [3.05, 3.63) is 54.1 Å². The van der Waals surface area contributed by atoms with Crippen LogP contribution in [0, 0.1) is 0 Å². The fourth-order valence-electron chi connectivity index (χ4n) is 2.60. The van der Waals surface area contributed by atoms with E-state index in [0.29, 0.717) is 6.42 Å². The summed E-state index contributed by atoms with van der Waals surface area (Å²) in [5, 5.41) is 16.3. The Hall–Kier alpha value is -2.80. The van der Waals surface area contributed by atoms with Gasteiger partial charge in [-0.05, 0) is 35.9 Å². The zero-order valence-corrected chi connectivity index (χ0v) is 15.5. The smallest absolute Gasteiger partial charge is 0.317 e. The number of amides is 1. The average Bonchev–Trinajstić information content (AvgIpc) is 2.98. The highest BCUT2D eigenvalue weighted by Crippen LogP contribution is 2.16. The molecule has 7 heteroatoms. The largest absolute Gasteiger partial charge is 0.872 e. The third kappa shape index (κ3) is 4.05. The molecule has 0 spiro atoms. The normalized spacial score (nSPS) is 11.7. The zero-order valence-electron chi connectivity index (χ0n) is 14.7. The maximum atomic E-state index is 12.1. The average molecular weight is 368 g/mol. The van der Waals surface area contributed by atoms with Crippen LogP contribution in [0.25, 0.3) is 11.0 Å². The van der Waals surface area contributed by atoms with Crippen molar-refractivity contribution >= 4 is 34.4 Å². The quantitative estimate of drug-likeness (QED) is 0.302. The third-order valence-corrected chi connectivity index (χ3v) is 5.05. The second kappa shape index (κ2) is 8.05. The highest BCUT2D eigenvalue weighted by atomic mass is 32.2. The molecule has 0 aliphatic rings. The Morgan fingerprint density at radius 2 is 1.96 bits per heavy atom. The number of aryl methyl sites for hydroxylation is 1. The fraction of sp³-hybridized carbons (Fsp3) is 0.211. The molecule has 0 saturated heterocycles. The van der Waals surface area contributed by atoms with E-state index in [0.717, 1.165) is 27.5 Å². The number of imidazole rings is 1. The van der Waals surface area contributed by atoms with Crippen molar-refractivity contribution in [3.8, 4) is 5.75 Å². The molecule has 134 valence electrons. The van der Waals surface area contributed by atoms with E-state index in [1.54, 1.807) is 12.1 Å². The van der Waals surface area contributed by atoms with E-state index in [9.17, 15) is 9.90 Å². The lowest BCUT2D eigenvalue weighted by atomic mass is 10.1. The number of hydrogen-bond acceptors (Lipinski definition) is 4. The van der Waals surface area contributed by atoms with Gasteiger partial charge in [0.15, 0.2) is 11.0 Å². The molecule has 1 aromatic heterocycles. The molecule has 1 heterocycles. The highest BCUT2D eigenvalue weighted by Gasteiger charge is 2.16. The van der Waals surface area contributed by atoms with Gasteiger partial charge in [-0.15, -0.1) is 5.75 Å². The lowest BCUT2D eigenvalue weighted by molar-refractivity contribution is -0.683. The SMILES string of the molecule is CCC(=NNC(=O)CSc1[nH]c2ccccc2[n+]1C)c1ccc([O-])cc1. The van der Waals surface area contributed by atoms with E-state index in [2.05, 4.69) is 15.5 Å². The maximum Gasteiger partial charge on any atom is 0.317 e. The summed E-state index contributed by atoms with van der Waals surface area (Å²) in [4.78, 5) is 15.4. The minimum Gasteiger partial charge on any atom is -0.872 e. The summed E-state index contributed by atoms with van der Waals surface area (Å²) in [5.41, 5.74) is 6.29. The molecule has 2 aromatic carbocycles. The van der Waals surface area contributed by atoms with Gasteiger partial charge in [0, 0.05) is 0 Å². The zero-order chi connectivity index (χ0) is 18.5. The molecule has 0 saturated carbocycles. The topological polar surface area (TPSA) is 84.2 Å². The monoisotopic (exact) mass is 368 g/mol. The van der Waals surface area contributed by atoms with Crippen LogP contribution < -0.4 is 15.1 Å². The first-order valence-electron chi connectivity index (χ1n) is 8.31. The summed E-state index contributed by atoms with van der Waals surface area (Å²) in [6.07, 6.45) is 0.655. The summed E-state index contributed by atoms with van der Waals surface area (Å²) >= 11 is 1.42. The van der Waals surface area contributed by atoms with Crippen LogP contribution in [-0.4, -0.2) is 22.4 Å². The van der Waals surface area contributed by atoms with Gasteiger partial charge in [0.2, 0.25) is 0 Å². The number of carbonyl (C=O) groups excluding carboxylic acids is 1. The number of H-pyrrole nitrogens is 1. The summed E-state index contributed by atoms with van der Waals surface area (Å²) in [6, 6.07) is 14.4. The second-order valence-corrected chi connectivity index (χ2v) is 6.73. The molecule has 0 unspecified atom stereocenters. The van der Waals surface area contributed by atoms with Crippen LogP contribution in [0.4, 0.5) is 0 Å². The molecule has 0 fully saturated rings. The van der Waals surface area contributed by atoms with Gasteiger partial charge < -0.3 is 5.11 Å². The minimum absolute atomic E-state index is 0.0455. The second-order valence-electron chi connectivity index (χ2n) is 5.77. The maximum absolute atomic E-state index is 12.1. The number of rotatable bonds is 6. The molecule has 0 bridgehead atoms. The van der Waals surface area contributed by atoms with Crippen molar-refractivity contribution in [3.63, 3.8) is 0 Å². The molecular formula is C19H20N4O2S. The van der Waals surface area contributed by atoms with Gasteiger partial charge in [-0.1, -0.05) is 43.3 Å². The van der Waals surface area contributed by atoms with Gasteiger partial charge in [0.05, 0.1) is 18.5 Å². The number of nitrogens with one attached hydrogen (secondary N) is 2. The summed E-state index contributed by atoms with van der Waals surface area (Å²) in [6.45, 7) is 1.95. The molecule has 0 aliphatic carbocycles. The standard InChI is InChI=1S/C19H20N4O2S/c1-3-15(13-8-10-14(24)11-9-13)21-22-18(25)12-26-19-20-16-6-4-5-7-17(16)23(19)2/h4-11H,3,12H2,1-2H3,(H2,21,22,24,25). The first kappa shape index (κ1) is 18.0. The van der Waals surface area contributed by atoms with Gasteiger partial charge in [0.1, 0.15) is 0 Å². The fourth-order valence-corrected chi connectivity index (χ4v) is 3.41. The van der Waals surface area contributed by atoms with Crippen molar-refractivity contribution in [2.45, 2.75) is 18.5 Å². The molecule has 1 amide bonds. The van der Waals surface area contributed by atoms with Gasteiger partial charge >= 0.3 is 5.16 Å². The predicted octanol–water partition coefficient (Wildman–Crippen LogP) is 2.09. The number of nitrogens with zero attached hydrogens (tertiary/aromatic N) is 2. The van der Waals surface area contributed by atoms with E-state index in [4.69, 9.17) is 0 Å². The lowest BCUT2D eigenvalue weighted by Gasteiger charge is -2.08. The lowest BCUT2D eigenvalue weighted by Crippen LogP contribution is -2.30. The van der Waals surface area contributed by atoms with Crippen LogP contribution >= 0.6 is 11.8 Å². The number of benzene rings is 2. The predicted molar refractivity (Wildman–Crippen MR) is 101 cm³/mol. The molecule has 2 N–H and O–H groups in total. The van der Waals surface area contributed by atoms with Gasteiger partial charge in [-0.3, -0.25) is 4.79 Å². The van der Waals surface area contributed by atoms with E-state index >= 15 is 0 Å². The molecule has 0 radical (unpaired) electrons. The first-order valence-corrected chi connectivity index (χ1v) is 9.29. The van der Waals surface area contributed by atoms with Crippen LogP contribution in [0.1, 0.15) is 18.9 Å². The Labute approximate surface area is 155 Å². The van der Waals surface area contributed by atoms with Gasteiger partial charge in [0.25, 0.3) is 5.91 Å². The van der Waals surface area contributed by atoms with E-state index in [1.807, 2.05) is 42.8 Å². The number of para-hydroxylation sites is 2. The Morgan fingerprint density at radius 1 is 1.23 bits per heavy atom. The summed E-state index contributed by atoms with van der Waals surface area (Å²) in [5.74, 6) is 0.0246. The van der Waals surface area contributed by atoms with E-state index in [-0.39, 0.29) is 17.4 Å². The number of hydrogen-bond donors (Lipinski definition) is 2. The number of thioether (sulfide) groups is 1. The molecule has 6 nitrogen and oxygen atoms in total. The molecule has 26 heavy (non-hydrogen) atoms. The molecule has 0 aliphatic heterocycles. The molecule has 3 rings (SSSR count). The number of carbonyl (C=O) groups is 1. The van der Waals surface area contributed by atoms with E-state index < -0.39 is 0 Å². The van der Waals surface area contributed by atoms with Crippen molar-refractivity contribution in [2.75, 3.05) is 5.75 Å².